The smallest absolute Gasteiger partial charge is 0.408 e. The number of aliphatic hydroxyl groups is 1. The summed E-state index contributed by atoms with van der Waals surface area (Å²) in [7, 11) is 2.94. The summed E-state index contributed by atoms with van der Waals surface area (Å²) < 4.78 is 10.0. The van der Waals surface area contributed by atoms with Crippen molar-refractivity contribution in [2.75, 3.05) is 14.2 Å². The number of carbonyl (C=O) groups excluding carboxylic acids is 3. The SMILES string of the molecule is CC[C@H](C)[C@H](NC(=O)OC(C)(C)C)C(=O)N(C)[C@H](C[C@@H](O)c1nc(C(=O)OC)cs1)C(C)C. The van der Waals surface area contributed by atoms with Crippen molar-refractivity contribution in [3.8, 4) is 0 Å². The maximum absolute atomic E-state index is 13.4. The van der Waals surface area contributed by atoms with E-state index in [9.17, 15) is 19.5 Å². The fourth-order valence-corrected chi connectivity index (χ4v) is 4.13. The molecule has 0 unspecified atom stereocenters. The van der Waals surface area contributed by atoms with E-state index in [-0.39, 0.29) is 35.9 Å². The van der Waals surface area contributed by atoms with E-state index in [0.717, 1.165) is 11.3 Å². The van der Waals surface area contributed by atoms with Crippen LogP contribution in [0.25, 0.3) is 0 Å². The van der Waals surface area contributed by atoms with Gasteiger partial charge in [0.1, 0.15) is 22.8 Å². The first-order valence-corrected chi connectivity index (χ1v) is 12.1. The number of hydrogen-bond acceptors (Lipinski definition) is 8. The molecule has 188 valence electrons. The molecule has 0 fully saturated rings. The van der Waals surface area contributed by atoms with E-state index in [1.54, 1.807) is 32.7 Å². The van der Waals surface area contributed by atoms with Crippen molar-refractivity contribution in [2.45, 2.75) is 85.1 Å². The lowest BCUT2D eigenvalue weighted by molar-refractivity contribution is -0.137. The third kappa shape index (κ3) is 8.58. The highest BCUT2D eigenvalue weighted by molar-refractivity contribution is 7.09. The number of nitrogens with zero attached hydrogens (tertiary/aromatic N) is 2. The van der Waals surface area contributed by atoms with Gasteiger partial charge in [0.05, 0.1) is 7.11 Å². The summed E-state index contributed by atoms with van der Waals surface area (Å²) in [5.41, 5.74) is -0.541. The number of hydrogen-bond donors (Lipinski definition) is 2. The summed E-state index contributed by atoms with van der Waals surface area (Å²) in [5.74, 6) is -0.919. The number of nitrogens with one attached hydrogen (secondary N) is 1. The van der Waals surface area contributed by atoms with Crippen LogP contribution in [0, 0.1) is 11.8 Å². The van der Waals surface area contributed by atoms with Gasteiger partial charge in [-0.25, -0.2) is 14.6 Å². The average molecular weight is 486 g/mol. The highest BCUT2D eigenvalue weighted by atomic mass is 32.1. The zero-order chi connectivity index (χ0) is 25.5. The monoisotopic (exact) mass is 485 g/mol. The Kier molecular flexibility index (Phi) is 10.8. The molecule has 0 saturated heterocycles. The lowest BCUT2D eigenvalue weighted by atomic mass is 9.93. The van der Waals surface area contributed by atoms with Crippen molar-refractivity contribution in [2.24, 2.45) is 11.8 Å². The molecule has 0 radical (unpaired) electrons. The highest BCUT2D eigenvalue weighted by Crippen LogP contribution is 2.28. The van der Waals surface area contributed by atoms with Crippen LogP contribution in [-0.4, -0.2) is 64.8 Å². The van der Waals surface area contributed by atoms with Crippen LogP contribution >= 0.6 is 11.3 Å². The predicted octanol–water partition coefficient (Wildman–Crippen LogP) is 3.78. The van der Waals surface area contributed by atoms with E-state index >= 15 is 0 Å². The molecule has 0 bridgehead atoms. The summed E-state index contributed by atoms with van der Waals surface area (Å²) in [6, 6.07) is -1.09. The molecular formula is C23H39N3O6S. The van der Waals surface area contributed by atoms with Crippen molar-refractivity contribution in [3.63, 3.8) is 0 Å². The molecule has 0 spiro atoms. The average Bonchev–Trinajstić information content (AvgIpc) is 3.22. The van der Waals surface area contributed by atoms with Crippen molar-refractivity contribution in [1.82, 2.24) is 15.2 Å². The van der Waals surface area contributed by atoms with Gasteiger partial charge in [0.2, 0.25) is 5.91 Å². The van der Waals surface area contributed by atoms with Crippen LogP contribution in [0.4, 0.5) is 4.79 Å². The molecule has 2 amide bonds. The highest BCUT2D eigenvalue weighted by Gasteiger charge is 2.35. The maximum atomic E-state index is 13.4. The molecule has 0 aliphatic heterocycles. The second kappa shape index (κ2) is 12.3. The van der Waals surface area contributed by atoms with Gasteiger partial charge >= 0.3 is 12.1 Å². The number of carbonyl (C=O) groups is 3. The van der Waals surface area contributed by atoms with Crippen LogP contribution in [0.5, 0.6) is 0 Å². The topological polar surface area (TPSA) is 118 Å². The molecule has 1 aromatic rings. The Morgan fingerprint density at radius 3 is 2.33 bits per heavy atom. The molecular weight excluding hydrogens is 446 g/mol. The van der Waals surface area contributed by atoms with E-state index < -0.39 is 29.8 Å². The van der Waals surface area contributed by atoms with Crippen molar-refractivity contribution in [1.29, 1.82) is 0 Å². The van der Waals surface area contributed by atoms with Crippen molar-refractivity contribution >= 4 is 29.3 Å². The largest absolute Gasteiger partial charge is 0.464 e. The van der Waals surface area contributed by atoms with E-state index in [1.807, 2.05) is 27.7 Å². The number of ether oxygens (including phenoxy) is 2. The van der Waals surface area contributed by atoms with Crippen LogP contribution in [0.15, 0.2) is 5.38 Å². The van der Waals surface area contributed by atoms with E-state index in [0.29, 0.717) is 11.4 Å². The first-order chi connectivity index (χ1) is 15.2. The van der Waals surface area contributed by atoms with E-state index in [2.05, 4.69) is 15.0 Å². The first kappa shape index (κ1) is 28.8. The summed E-state index contributed by atoms with van der Waals surface area (Å²) in [4.78, 5) is 43.2. The number of likely N-dealkylation sites (N-methyl/N-ethyl adjacent to an activating group) is 1. The maximum Gasteiger partial charge on any atom is 0.408 e. The van der Waals surface area contributed by atoms with E-state index in [1.165, 1.54) is 12.5 Å². The number of rotatable bonds is 10. The number of alkyl carbamates (subject to hydrolysis) is 1. The van der Waals surface area contributed by atoms with Gasteiger partial charge in [0, 0.05) is 24.9 Å². The Morgan fingerprint density at radius 1 is 1.24 bits per heavy atom. The molecule has 0 aromatic carbocycles. The van der Waals surface area contributed by atoms with Gasteiger partial charge in [0.15, 0.2) is 5.69 Å². The van der Waals surface area contributed by atoms with Gasteiger partial charge < -0.3 is 24.8 Å². The van der Waals surface area contributed by atoms with Crippen LogP contribution in [-0.2, 0) is 14.3 Å². The molecule has 9 nitrogen and oxygen atoms in total. The standard InChI is InChI=1S/C23H39N3O6S/c1-10-14(4)18(25-22(30)32-23(5,6)7)20(28)26(8)16(13(2)3)11-17(27)19-24-15(12-33-19)21(29)31-9/h12-14,16-18,27H,10-11H2,1-9H3,(H,25,30)/t14-,16+,17+,18-/m0/s1. The van der Waals surface area contributed by atoms with Gasteiger partial charge in [0.25, 0.3) is 0 Å². The summed E-state index contributed by atoms with van der Waals surface area (Å²) in [6.45, 7) is 13.1. The quantitative estimate of drug-likeness (QED) is 0.484. The number of thiazole rings is 1. The van der Waals surface area contributed by atoms with Gasteiger partial charge in [-0.1, -0.05) is 34.1 Å². The van der Waals surface area contributed by atoms with Crippen LogP contribution in [0.2, 0.25) is 0 Å². The normalized spacial score (nSPS) is 15.4. The van der Waals surface area contributed by atoms with Gasteiger partial charge in [-0.15, -0.1) is 11.3 Å². The van der Waals surface area contributed by atoms with E-state index in [4.69, 9.17) is 4.74 Å². The molecule has 10 heteroatoms. The summed E-state index contributed by atoms with van der Waals surface area (Å²) in [6.07, 6.45) is -0.691. The van der Waals surface area contributed by atoms with Crippen LogP contribution in [0.1, 0.15) is 82.9 Å². The Hall–Kier alpha value is -2.20. The molecule has 0 aliphatic rings. The Morgan fingerprint density at radius 2 is 1.85 bits per heavy atom. The van der Waals surface area contributed by atoms with Crippen LogP contribution < -0.4 is 5.32 Å². The molecule has 2 N–H and O–H groups in total. The number of methoxy groups -OCH3 is 1. The fourth-order valence-electron chi connectivity index (χ4n) is 3.35. The molecule has 0 saturated carbocycles. The third-order valence-electron chi connectivity index (χ3n) is 5.43. The molecule has 1 aromatic heterocycles. The molecule has 1 rings (SSSR count). The zero-order valence-corrected chi connectivity index (χ0v) is 22.0. The fraction of sp³-hybridized carbons (Fsp3) is 0.739. The van der Waals surface area contributed by atoms with Crippen molar-refractivity contribution < 1.29 is 29.0 Å². The summed E-state index contributed by atoms with van der Waals surface area (Å²) >= 11 is 1.16. The molecule has 1 heterocycles. The minimum atomic E-state index is -0.961. The number of amides is 2. The third-order valence-corrected chi connectivity index (χ3v) is 6.38. The summed E-state index contributed by atoms with van der Waals surface area (Å²) in [5, 5.41) is 15.4. The Labute approximate surface area is 200 Å². The molecule has 33 heavy (non-hydrogen) atoms. The number of esters is 1. The van der Waals surface area contributed by atoms with Gasteiger partial charge in [-0.05, 0) is 32.6 Å². The second-order valence-corrected chi connectivity index (χ2v) is 10.5. The number of aliphatic hydroxyl groups excluding tert-OH is 1. The lowest BCUT2D eigenvalue weighted by Gasteiger charge is -2.36. The van der Waals surface area contributed by atoms with Gasteiger partial charge in [-0.3, -0.25) is 4.79 Å². The Balaban J connectivity index is 3.03. The second-order valence-electron chi connectivity index (χ2n) is 9.58. The molecule has 0 aliphatic carbocycles. The minimum absolute atomic E-state index is 0.0211. The van der Waals surface area contributed by atoms with Crippen molar-refractivity contribution in [3.05, 3.63) is 16.1 Å². The van der Waals surface area contributed by atoms with Crippen LogP contribution in [0.3, 0.4) is 0 Å². The zero-order valence-electron chi connectivity index (χ0n) is 21.2. The van der Waals surface area contributed by atoms with Gasteiger partial charge in [-0.2, -0.15) is 0 Å². The first-order valence-electron chi connectivity index (χ1n) is 11.2. The predicted molar refractivity (Wildman–Crippen MR) is 127 cm³/mol. The number of aromatic nitrogens is 1. The Bertz CT molecular complexity index is 804. The lowest BCUT2D eigenvalue weighted by Crippen LogP contribution is -2.54. The minimum Gasteiger partial charge on any atom is -0.464 e. The molecule has 4 atom stereocenters.